The van der Waals surface area contributed by atoms with Crippen molar-refractivity contribution < 1.29 is 9.53 Å². The van der Waals surface area contributed by atoms with E-state index in [1.165, 1.54) is 9.58 Å². The number of methoxy groups -OCH3 is 1. The van der Waals surface area contributed by atoms with Crippen LogP contribution in [0.1, 0.15) is 41.3 Å². The molecule has 1 amide bonds. The number of carbonyl (C=O) groups is 1. The van der Waals surface area contributed by atoms with E-state index in [9.17, 15) is 19.6 Å². The zero-order chi connectivity index (χ0) is 32.4. The summed E-state index contributed by atoms with van der Waals surface area (Å²) in [5, 5.41) is 13.3. The van der Waals surface area contributed by atoms with Crippen molar-refractivity contribution >= 4 is 51.8 Å². The first-order chi connectivity index (χ1) is 21.6. The van der Waals surface area contributed by atoms with Crippen molar-refractivity contribution in [2.75, 3.05) is 17.3 Å². The number of anilines is 2. The number of hydrogen-bond acceptors (Lipinski definition) is 8. The van der Waals surface area contributed by atoms with E-state index in [1.54, 1.807) is 43.3 Å². The Hall–Kier alpha value is -4.86. The number of carbonyl (C=O) groups excluding carboxylic acids is 1. The number of hydrogen-bond donors (Lipinski definition) is 1. The van der Waals surface area contributed by atoms with E-state index < -0.39 is 11.5 Å². The highest BCUT2D eigenvalue weighted by atomic mass is 32.2. The summed E-state index contributed by atoms with van der Waals surface area (Å²) in [4.78, 5) is 42.7. The van der Waals surface area contributed by atoms with E-state index in [4.69, 9.17) is 17.0 Å². The lowest BCUT2D eigenvalue weighted by molar-refractivity contribution is -0.113. The zero-order valence-electron chi connectivity index (χ0n) is 25.6. The Morgan fingerprint density at radius 2 is 1.73 bits per heavy atom. The number of thioether (sulfide) groups is 1. The van der Waals surface area contributed by atoms with Crippen molar-refractivity contribution in [3.63, 3.8) is 0 Å². The largest absolute Gasteiger partial charge is 0.497 e. The summed E-state index contributed by atoms with van der Waals surface area (Å²) in [7, 11) is 3.36. The van der Waals surface area contributed by atoms with Crippen molar-refractivity contribution in [2.45, 2.75) is 40.3 Å². The number of amides is 1. The predicted octanol–water partition coefficient (Wildman–Crippen LogP) is 5.26. The van der Waals surface area contributed by atoms with Crippen molar-refractivity contribution in [1.29, 1.82) is 5.26 Å². The number of para-hydroxylation sites is 1. The van der Waals surface area contributed by atoms with Gasteiger partial charge in [-0.3, -0.25) is 28.5 Å². The van der Waals surface area contributed by atoms with Gasteiger partial charge >= 0.3 is 0 Å². The van der Waals surface area contributed by atoms with E-state index in [1.807, 2.05) is 61.5 Å². The Kier molecular flexibility index (Phi) is 9.13. The molecule has 0 bridgehead atoms. The topological polar surface area (TPSA) is 114 Å². The van der Waals surface area contributed by atoms with Gasteiger partial charge in [-0.25, -0.2) is 4.68 Å². The van der Waals surface area contributed by atoms with Gasteiger partial charge in [0.25, 0.3) is 17.0 Å². The average molecular weight is 641 g/mol. The lowest BCUT2D eigenvalue weighted by atomic mass is 10.0. The van der Waals surface area contributed by atoms with Crippen molar-refractivity contribution in [1.82, 2.24) is 13.9 Å². The van der Waals surface area contributed by atoms with Crippen LogP contribution in [0.15, 0.2) is 69.1 Å². The number of benzene rings is 2. The molecule has 12 heteroatoms. The van der Waals surface area contributed by atoms with Crippen LogP contribution in [0.3, 0.4) is 0 Å². The van der Waals surface area contributed by atoms with Crippen molar-refractivity contribution in [2.24, 2.45) is 7.05 Å². The molecular formula is C33H32N6O4S2. The van der Waals surface area contributed by atoms with Crippen molar-refractivity contribution in [3.8, 4) is 17.5 Å². The molecule has 45 heavy (non-hydrogen) atoms. The summed E-state index contributed by atoms with van der Waals surface area (Å²) in [6, 6.07) is 18.8. The Bertz CT molecular complexity index is 2000. The lowest BCUT2D eigenvalue weighted by Crippen LogP contribution is -2.33. The van der Waals surface area contributed by atoms with E-state index in [0.717, 1.165) is 23.1 Å². The Morgan fingerprint density at radius 3 is 2.36 bits per heavy atom. The van der Waals surface area contributed by atoms with E-state index >= 15 is 0 Å². The number of rotatable bonds is 9. The third-order valence-corrected chi connectivity index (χ3v) is 9.06. The molecule has 0 saturated carbocycles. The molecule has 1 N–H and O–H groups in total. The maximum absolute atomic E-state index is 14.0. The van der Waals surface area contributed by atoms with Gasteiger partial charge in [-0.05, 0) is 61.7 Å². The number of pyridine rings is 1. The first-order valence-corrected chi connectivity index (χ1v) is 15.5. The number of ether oxygens (including phenoxy) is 1. The van der Waals surface area contributed by atoms with E-state index in [-0.39, 0.29) is 26.0 Å². The second-order valence-electron chi connectivity index (χ2n) is 10.5. The molecule has 230 valence electrons. The van der Waals surface area contributed by atoms with Crippen LogP contribution < -0.4 is 26.1 Å². The third-order valence-electron chi connectivity index (χ3n) is 7.76. The molecule has 1 aliphatic rings. The van der Waals surface area contributed by atoms with Crippen LogP contribution in [0.25, 0.3) is 11.8 Å². The molecule has 4 aromatic rings. The van der Waals surface area contributed by atoms with Crippen LogP contribution in [-0.2, 0) is 24.9 Å². The van der Waals surface area contributed by atoms with Gasteiger partial charge in [-0.1, -0.05) is 61.2 Å². The summed E-state index contributed by atoms with van der Waals surface area (Å²) < 4.78 is 10.2. The Labute approximate surface area is 270 Å². The van der Waals surface area contributed by atoms with Crippen LogP contribution in [0, 0.1) is 25.2 Å². The van der Waals surface area contributed by atoms with Gasteiger partial charge in [0.05, 0.1) is 23.4 Å². The zero-order valence-corrected chi connectivity index (χ0v) is 27.2. The average Bonchev–Trinajstić information content (AvgIpc) is 3.43. The van der Waals surface area contributed by atoms with Gasteiger partial charge in [0, 0.05) is 25.7 Å². The van der Waals surface area contributed by atoms with E-state index in [2.05, 4.69) is 11.4 Å². The molecule has 0 unspecified atom stereocenters. The molecule has 2 aromatic heterocycles. The molecule has 1 fully saturated rings. The number of nitrogens with one attached hydrogen (secondary N) is 1. The van der Waals surface area contributed by atoms with Gasteiger partial charge in [-0.15, -0.1) is 0 Å². The highest BCUT2D eigenvalue weighted by Gasteiger charge is 2.38. The number of nitriles is 1. The second kappa shape index (κ2) is 13.0. The second-order valence-corrected chi connectivity index (χ2v) is 12.1. The molecule has 5 rings (SSSR count). The van der Waals surface area contributed by atoms with Gasteiger partial charge in [-0.2, -0.15) is 5.26 Å². The minimum absolute atomic E-state index is 0.00447. The molecular weight excluding hydrogens is 609 g/mol. The first kappa shape index (κ1) is 31.6. The van der Waals surface area contributed by atoms with Gasteiger partial charge in [0.1, 0.15) is 28.9 Å². The van der Waals surface area contributed by atoms with Gasteiger partial charge < -0.3 is 10.1 Å². The van der Waals surface area contributed by atoms with Crippen LogP contribution in [0.5, 0.6) is 5.75 Å². The van der Waals surface area contributed by atoms with Crippen molar-refractivity contribution in [3.05, 3.63) is 108 Å². The third kappa shape index (κ3) is 5.72. The fraction of sp³-hybridized carbons (Fsp3) is 0.242. The summed E-state index contributed by atoms with van der Waals surface area (Å²) in [5.74, 6) is 0.757. The summed E-state index contributed by atoms with van der Waals surface area (Å²) in [6.45, 7) is 6.15. The van der Waals surface area contributed by atoms with Gasteiger partial charge in [0.2, 0.25) is 0 Å². The predicted molar refractivity (Wildman–Crippen MR) is 182 cm³/mol. The molecule has 0 aliphatic carbocycles. The fourth-order valence-electron chi connectivity index (χ4n) is 5.32. The smallest absolute Gasteiger partial charge is 0.296 e. The molecule has 3 heterocycles. The summed E-state index contributed by atoms with van der Waals surface area (Å²) in [6.07, 6.45) is 2.30. The van der Waals surface area contributed by atoms with Gasteiger partial charge in [0.15, 0.2) is 4.32 Å². The number of aromatic nitrogens is 3. The van der Waals surface area contributed by atoms with Crippen LogP contribution in [0.2, 0.25) is 0 Å². The lowest BCUT2D eigenvalue weighted by Gasteiger charge is -2.20. The molecule has 0 spiro atoms. The minimum atomic E-state index is -0.455. The standard InChI is InChI=1S/C33H32N6O4S2/c1-6-16-37-29(35-19-22-12-14-24(43-5)15-13-22)25(20(2)26(18-34)30(37)40)17-27-31(41)38(33(44)45-27)28-21(3)36(4)39(32(28)42)23-10-8-7-9-11-23/h7-15,17,35H,6,16,19H2,1-5H3/b27-17+. The SMILES string of the molecule is CCCn1c(NCc2ccc(OC)cc2)c(/C=C2/SC(=S)N(c3c(C)n(C)n(-c4ccccc4)c3=O)C2=O)c(C)c(C#N)c1=O. The molecule has 1 aliphatic heterocycles. The fourth-order valence-corrected chi connectivity index (χ4v) is 6.58. The minimum Gasteiger partial charge on any atom is -0.497 e. The monoisotopic (exact) mass is 640 g/mol. The summed E-state index contributed by atoms with van der Waals surface area (Å²) in [5.41, 5.74) is 2.55. The maximum atomic E-state index is 14.0. The van der Waals surface area contributed by atoms with Crippen LogP contribution in [-0.4, -0.2) is 31.3 Å². The molecule has 10 nitrogen and oxygen atoms in total. The highest BCUT2D eigenvalue weighted by molar-refractivity contribution is 8.27. The van der Waals surface area contributed by atoms with Crippen LogP contribution >= 0.6 is 24.0 Å². The van der Waals surface area contributed by atoms with Crippen LogP contribution in [0.4, 0.5) is 11.5 Å². The highest BCUT2D eigenvalue weighted by Crippen LogP contribution is 2.38. The molecule has 2 aromatic carbocycles. The number of thiocarbonyl (C=S) groups is 1. The quantitative estimate of drug-likeness (QED) is 0.195. The Balaban J connectivity index is 1.61. The molecule has 1 saturated heterocycles. The first-order valence-electron chi connectivity index (χ1n) is 14.3. The maximum Gasteiger partial charge on any atom is 0.296 e. The normalized spacial score (nSPS) is 13.9. The molecule has 0 radical (unpaired) electrons. The summed E-state index contributed by atoms with van der Waals surface area (Å²) >= 11 is 6.73. The van der Waals surface area contributed by atoms with E-state index in [0.29, 0.717) is 47.8 Å². The Morgan fingerprint density at radius 1 is 1.04 bits per heavy atom. The molecule has 0 atom stereocenters. The number of nitrogens with zero attached hydrogens (tertiary/aromatic N) is 5.